The first-order chi connectivity index (χ1) is 11.8. The van der Waals surface area contributed by atoms with E-state index < -0.39 is 0 Å². The number of rotatable bonds is 8. The molecule has 1 heterocycles. The van der Waals surface area contributed by atoms with Gasteiger partial charge in [0, 0.05) is 19.0 Å². The maximum atomic E-state index is 12.3. The average Bonchev–Trinajstić information content (AvgIpc) is 3.00. The number of Topliss-reactive ketones (excluding diaryl/α,β-unsaturated/α-hetero) is 1. The van der Waals surface area contributed by atoms with Crippen molar-refractivity contribution in [2.24, 2.45) is 5.92 Å². The minimum absolute atomic E-state index is 0.0793. The summed E-state index contributed by atoms with van der Waals surface area (Å²) in [6.07, 6.45) is 0. The predicted molar refractivity (Wildman–Crippen MR) is 101 cm³/mol. The normalized spacial score (nSPS) is 10.7. The van der Waals surface area contributed by atoms with Gasteiger partial charge >= 0.3 is 0 Å². The van der Waals surface area contributed by atoms with Gasteiger partial charge in [0.15, 0.2) is 10.1 Å². The number of thioether (sulfide) groups is 1. The molecule has 0 atom stereocenters. The Morgan fingerprint density at radius 1 is 1.32 bits per heavy atom. The second-order valence-electron chi connectivity index (χ2n) is 5.77. The number of phenolic OH excluding ortho intramolecular Hbond substituents is 1. The maximum Gasteiger partial charge on any atom is 0.221 e. The number of amides is 1. The Kier molecular flexibility index (Phi) is 6.77. The number of anilines is 2. The first-order valence-electron chi connectivity index (χ1n) is 7.69. The lowest BCUT2D eigenvalue weighted by Gasteiger charge is -2.07. The van der Waals surface area contributed by atoms with Crippen molar-refractivity contribution in [3.8, 4) is 5.75 Å². The van der Waals surface area contributed by atoms with E-state index in [0.29, 0.717) is 15.8 Å². The highest BCUT2D eigenvalue weighted by Crippen LogP contribution is 2.28. The topological polar surface area (TPSA) is 104 Å². The fourth-order valence-corrected chi connectivity index (χ4v) is 3.49. The van der Waals surface area contributed by atoms with E-state index in [4.69, 9.17) is 0 Å². The Labute approximate surface area is 154 Å². The van der Waals surface area contributed by atoms with E-state index in [9.17, 15) is 14.7 Å². The van der Waals surface area contributed by atoms with E-state index in [1.165, 1.54) is 48.2 Å². The third-order valence-electron chi connectivity index (χ3n) is 3.02. The summed E-state index contributed by atoms with van der Waals surface area (Å²) in [5.41, 5.74) is 0.635. The summed E-state index contributed by atoms with van der Waals surface area (Å²) >= 11 is 2.71. The summed E-state index contributed by atoms with van der Waals surface area (Å²) in [4.78, 5) is 23.4. The molecule has 1 aromatic heterocycles. The quantitative estimate of drug-likeness (QED) is 0.367. The molecular weight excluding hydrogens is 360 g/mol. The van der Waals surface area contributed by atoms with Gasteiger partial charge in [0.1, 0.15) is 5.75 Å². The fourth-order valence-electron chi connectivity index (χ4n) is 1.84. The zero-order chi connectivity index (χ0) is 18.4. The largest absolute Gasteiger partial charge is 0.506 e. The Hall–Kier alpha value is -2.13. The first-order valence-corrected chi connectivity index (χ1v) is 9.49. The lowest BCUT2D eigenvalue weighted by atomic mass is 10.1. The van der Waals surface area contributed by atoms with Crippen LogP contribution in [0.2, 0.25) is 0 Å². The predicted octanol–water partition coefficient (Wildman–Crippen LogP) is 3.25. The van der Waals surface area contributed by atoms with Crippen LogP contribution in [0.25, 0.3) is 0 Å². The Morgan fingerprint density at radius 3 is 2.76 bits per heavy atom. The molecule has 1 amide bonds. The van der Waals surface area contributed by atoms with E-state index in [-0.39, 0.29) is 28.9 Å². The Balaban J connectivity index is 1.95. The molecule has 9 heteroatoms. The van der Waals surface area contributed by atoms with Crippen LogP contribution >= 0.6 is 23.1 Å². The molecule has 2 aromatic rings. The number of carbonyl (C=O) groups is 2. The van der Waals surface area contributed by atoms with Crippen molar-refractivity contribution in [3.05, 3.63) is 23.8 Å². The van der Waals surface area contributed by atoms with Crippen molar-refractivity contribution in [1.29, 1.82) is 0 Å². The SMILES string of the molecule is CC(=O)Nc1cc(C(=O)CSc2nnc(NCC(C)C)s2)ccc1O. The lowest BCUT2D eigenvalue weighted by molar-refractivity contribution is -0.114. The number of phenols is 1. The van der Waals surface area contributed by atoms with E-state index in [1.54, 1.807) is 0 Å². The molecule has 1 aromatic carbocycles. The zero-order valence-electron chi connectivity index (χ0n) is 14.2. The summed E-state index contributed by atoms with van der Waals surface area (Å²) < 4.78 is 0.709. The molecule has 0 radical (unpaired) electrons. The number of nitrogens with zero attached hydrogens (tertiary/aromatic N) is 2. The maximum absolute atomic E-state index is 12.3. The first kappa shape index (κ1) is 19.2. The number of aromatic hydroxyl groups is 1. The molecule has 0 aliphatic carbocycles. The van der Waals surface area contributed by atoms with Gasteiger partial charge < -0.3 is 15.7 Å². The van der Waals surface area contributed by atoms with Gasteiger partial charge in [0.05, 0.1) is 11.4 Å². The number of hydrogen-bond acceptors (Lipinski definition) is 8. The monoisotopic (exact) mass is 380 g/mol. The van der Waals surface area contributed by atoms with E-state index in [1.807, 2.05) is 0 Å². The second kappa shape index (κ2) is 8.82. The molecule has 0 saturated heterocycles. The number of benzene rings is 1. The van der Waals surface area contributed by atoms with Crippen LogP contribution in [0.1, 0.15) is 31.1 Å². The summed E-state index contributed by atoms with van der Waals surface area (Å²) in [5, 5.41) is 24.2. The summed E-state index contributed by atoms with van der Waals surface area (Å²) in [6, 6.07) is 4.39. The molecular formula is C16H20N4O3S2. The highest BCUT2D eigenvalue weighted by atomic mass is 32.2. The number of ketones is 1. The summed E-state index contributed by atoms with van der Waals surface area (Å²) in [6.45, 7) is 6.37. The van der Waals surface area contributed by atoms with Gasteiger partial charge in [-0.3, -0.25) is 9.59 Å². The number of nitrogens with one attached hydrogen (secondary N) is 2. The van der Waals surface area contributed by atoms with Crippen molar-refractivity contribution in [1.82, 2.24) is 10.2 Å². The standard InChI is InChI=1S/C16H20N4O3S2/c1-9(2)7-17-15-19-20-16(25-15)24-8-14(23)11-4-5-13(22)12(6-11)18-10(3)21/h4-6,9,22H,7-8H2,1-3H3,(H,17,19)(H,18,21). The van der Waals surface area contributed by atoms with E-state index in [2.05, 4.69) is 34.7 Å². The van der Waals surface area contributed by atoms with Gasteiger partial charge in [0.25, 0.3) is 0 Å². The average molecular weight is 380 g/mol. The molecule has 0 spiro atoms. The van der Waals surface area contributed by atoms with Crippen molar-refractivity contribution < 1.29 is 14.7 Å². The molecule has 7 nitrogen and oxygen atoms in total. The van der Waals surface area contributed by atoms with Crippen molar-refractivity contribution in [2.45, 2.75) is 25.1 Å². The van der Waals surface area contributed by atoms with Crippen LogP contribution in [0, 0.1) is 5.92 Å². The third kappa shape index (κ3) is 6.02. The Bertz CT molecular complexity index is 762. The van der Waals surface area contributed by atoms with Crippen LogP contribution in [0.5, 0.6) is 5.75 Å². The second-order valence-corrected chi connectivity index (χ2v) is 7.97. The molecule has 0 saturated carbocycles. The Morgan fingerprint density at radius 2 is 2.08 bits per heavy atom. The minimum atomic E-state index is -0.315. The molecule has 0 fully saturated rings. The van der Waals surface area contributed by atoms with Gasteiger partial charge in [-0.1, -0.05) is 36.9 Å². The molecule has 3 N–H and O–H groups in total. The van der Waals surface area contributed by atoms with Gasteiger partial charge in [-0.2, -0.15) is 0 Å². The number of aromatic nitrogens is 2. The summed E-state index contributed by atoms with van der Waals surface area (Å²) in [5.74, 6) is 0.189. The zero-order valence-corrected chi connectivity index (χ0v) is 15.8. The minimum Gasteiger partial charge on any atom is -0.506 e. The molecule has 0 bridgehead atoms. The van der Waals surface area contributed by atoms with Crippen LogP contribution in [0.4, 0.5) is 10.8 Å². The van der Waals surface area contributed by atoms with E-state index in [0.717, 1.165) is 11.7 Å². The smallest absolute Gasteiger partial charge is 0.221 e. The van der Waals surface area contributed by atoms with Gasteiger partial charge in [0.2, 0.25) is 11.0 Å². The number of carbonyl (C=O) groups excluding carboxylic acids is 2. The van der Waals surface area contributed by atoms with E-state index >= 15 is 0 Å². The van der Waals surface area contributed by atoms with Gasteiger partial charge in [-0.25, -0.2) is 0 Å². The lowest BCUT2D eigenvalue weighted by Crippen LogP contribution is -2.08. The van der Waals surface area contributed by atoms with Crippen molar-refractivity contribution in [2.75, 3.05) is 22.9 Å². The van der Waals surface area contributed by atoms with Crippen LogP contribution in [-0.4, -0.2) is 39.3 Å². The van der Waals surface area contributed by atoms with Crippen LogP contribution < -0.4 is 10.6 Å². The van der Waals surface area contributed by atoms with Crippen molar-refractivity contribution >= 4 is 45.6 Å². The summed E-state index contributed by atoms with van der Waals surface area (Å²) in [7, 11) is 0. The molecule has 2 rings (SSSR count). The van der Waals surface area contributed by atoms with Crippen LogP contribution in [-0.2, 0) is 4.79 Å². The van der Waals surface area contributed by atoms with Crippen LogP contribution in [0.15, 0.2) is 22.5 Å². The molecule has 134 valence electrons. The fraction of sp³-hybridized carbons (Fsp3) is 0.375. The number of hydrogen-bond donors (Lipinski definition) is 3. The molecule has 25 heavy (non-hydrogen) atoms. The van der Waals surface area contributed by atoms with Gasteiger partial charge in [-0.15, -0.1) is 10.2 Å². The molecule has 0 aliphatic heterocycles. The molecule has 0 aliphatic rings. The van der Waals surface area contributed by atoms with Crippen molar-refractivity contribution in [3.63, 3.8) is 0 Å². The third-order valence-corrected chi connectivity index (χ3v) is 5.04. The molecule has 0 unspecified atom stereocenters. The van der Waals surface area contributed by atoms with Gasteiger partial charge in [-0.05, 0) is 24.1 Å². The highest BCUT2D eigenvalue weighted by Gasteiger charge is 2.13. The highest BCUT2D eigenvalue weighted by molar-refractivity contribution is 8.01. The van der Waals surface area contributed by atoms with Crippen LogP contribution in [0.3, 0.4) is 0 Å².